The van der Waals surface area contributed by atoms with Crippen LogP contribution in [-0.2, 0) is 10.1 Å². The molecular weight excluding hydrogens is 359 g/mol. The highest BCUT2D eigenvalue weighted by Gasteiger charge is 2.32. The molecule has 0 saturated heterocycles. The summed E-state index contributed by atoms with van der Waals surface area (Å²) in [7, 11) is 0. The highest BCUT2D eigenvalue weighted by atomic mass is 79.9. The fourth-order valence-corrected chi connectivity index (χ4v) is 2.56. The summed E-state index contributed by atoms with van der Waals surface area (Å²) in [6, 6.07) is 4.11. The highest BCUT2D eigenvalue weighted by Crippen LogP contribution is 2.40. The van der Waals surface area contributed by atoms with E-state index in [1.54, 1.807) is 6.92 Å². The van der Waals surface area contributed by atoms with Crippen LogP contribution >= 0.6 is 27.7 Å². The first-order chi connectivity index (χ1) is 9.32. The van der Waals surface area contributed by atoms with E-state index >= 15 is 0 Å². The van der Waals surface area contributed by atoms with Crippen molar-refractivity contribution in [1.82, 2.24) is 0 Å². The van der Waals surface area contributed by atoms with Crippen LogP contribution in [0.3, 0.4) is 0 Å². The molecule has 0 aromatic heterocycles. The Kier molecular flexibility index (Phi) is 5.89. The van der Waals surface area contributed by atoms with Gasteiger partial charge in [-0.1, -0.05) is 15.9 Å². The predicted molar refractivity (Wildman–Crippen MR) is 71.7 cm³/mol. The average molecular weight is 368 g/mol. The molecule has 0 spiro atoms. The predicted octanol–water partition coefficient (Wildman–Crippen LogP) is 4.24. The molecule has 1 rings (SSSR count). The van der Waals surface area contributed by atoms with E-state index in [1.807, 2.05) is 6.07 Å². The summed E-state index contributed by atoms with van der Waals surface area (Å²) in [5.41, 5.74) is -4.23. The van der Waals surface area contributed by atoms with Crippen molar-refractivity contribution in [1.29, 1.82) is 5.26 Å². The molecule has 0 heterocycles. The van der Waals surface area contributed by atoms with Gasteiger partial charge in [0.1, 0.15) is 0 Å². The number of thioether (sulfide) groups is 1. The van der Waals surface area contributed by atoms with Crippen LogP contribution in [0.2, 0.25) is 0 Å². The van der Waals surface area contributed by atoms with Gasteiger partial charge in [-0.15, -0.1) is 0 Å². The molecule has 0 N–H and O–H groups in total. The molecule has 8 heteroatoms. The van der Waals surface area contributed by atoms with Gasteiger partial charge in [0.25, 0.3) is 0 Å². The quantitative estimate of drug-likeness (QED) is 0.453. The van der Waals surface area contributed by atoms with Gasteiger partial charge in [-0.2, -0.15) is 18.4 Å². The van der Waals surface area contributed by atoms with Crippen molar-refractivity contribution in [2.75, 3.05) is 6.61 Å². The van der Waals surface area contributed by atoms with E-state index in [1.165, 1.54) is 6.07 Å². The lowest BCUT2D eigenvalue weighted by Crippen LogP contribution is -2.10. The van der Waals surface area contributed by atoms with Gasteiger partial charge in [0.15, 0.2) is 0 Å². The van der Waals surface area contributed by atoms with Gasteiger partial charge in [0, 0.05) is 10.2 Å². The van der Waals surface area contributed by atoms with Gasteiger partial charge in [-0.25, -0.2) is 4.79 Å². The smallest absolute Gasteiger partial charge is 0.446 e. The van der Waals surface area contributed by atoms with Gasteiger partial charge in [0.05, 0.1) is 23.8 Å². The Morgan fingerprint density at radius 2 is 2.15 bits per heavy atom. The molecule has 1 aromatic carbocycles. The van der Waals surface area contributed by atoms with Crippen LogP contribution in [-0.4, -0.2) is 18.1 Å². The lowest BCUT2D eigenvalue weighted by molar-refractivity contribution is -0.0328. The Labute approximate surface area is 126 Å². The third-order valence-electron chi connectivity index (χ3n) is 2.19. The van der Waals surface area contributed by atoms with E-state index in [4.69, 9.17) is 10.00 Å². The maximum absolute atomic E-state index is 12.5. The third-order valence-corrected chi connectivity index (χ3v) is 3.58. The molecule has 0 aliphatic rings. The number of hydrogen-bond donors (Lipinski definition) is 0. The summed E-state index contributed by atoms with van der Waals surface area (Å²) >= 11 is 2.69. The second-order valence-electron chi connectivity index (χ2n) is 3.52. The number of esters is 1. The molecule has 108 valence electrons. The van der Waals surface area contributed by atoms with Gasteiger partial charge in [0.2, 0.25) is 0 Å². The molecular formula is C12H9BrF3NO2S. The number of benzene rings is 1. The van der Waals surface area contributed by atoms with Gasteiger partial charge < -0.3 is 4.74 Å². The third kappa shape index (κ3) is 4.42. The molecule has 0 bridgehead atoms. The molecule has 20 heavy (non-hydrogen) atoms. The SMILES string of the molecule is CCOC(=O)c1cc(CBr)c(C#N)cc1SC(F)(F)F. The minimum atomic E-state index is -4.55. The van der Waals surface area contributed by atoms with Gasteiger partial charge >= 0.3 is 11.5 Å². The highest BCUT2D eigenvalue weighted by molar-refractivity contribution is 9.08. The normalized spacial score (nSPS) is 11.0. The number of ether oxygens (including phenoxy) is 1. The molecule has 0 saturated carbocycles. The number of nitriles is 1. The van der Waals surface area contributed by atoms with Gasteiger partial charge in [-0.05, 0) is 36.4 Å². The number of rotatable bonds is 4. The lowest BCUT2D eigenvalue weighted by Gasteiger charge is -2.12. The van der Waals surface area contributed by atoms with Crippen molar-refractivity contribution < 1.29 is 22.7 Å². The number of nitrogens with zero attached hydrogens (tertiary/aromatic N) is 1. The summed E-state index contributed by atoms with van der Waals surface area (Å²) in [5.74, 6) is -0.842. The van der Waals surface area contributed by atoms with Crippen LogP contribution in [0.25, 0.3) is 0 Å². The average Bonchev–Trinajstić information content (AvgIpc) is 2.36. The zero-order chi connectivity index (χ0) is 15.3. The Bertz CT molecular complexity index is 555. The van der Waals surface area contributed by atoms with Crippen LogP contribution in [0, 0.1) is 11.3 Å². The van der Waals surface area contributed by atoms with Crippen molar-refractivity contribution in [2.45, 2.75) is 22.7 Å². The maximum Gasteiger partial charge on any atom is 0.446 e. The molecule has 0 amide bonds. The molecule has 0 radical (unpaired) electrons. The van der Waals surface area contributed by atoms with Crippen LogP contribution in [0.1, 0.15) is 28.4 Å². The summed E-state index contributed by atoms with van der Waals surface area (Å²) in [5, 5.41) is 9.18. The summed E-state index contributed by atoms with van der Waals surface area (Å²) in [4.78, 5) is 11.4. The van der Waals surface area contributed by atoms with Crippen LogP contribution < -0.4 is 0 Å². The van der Waals surface area contributed by atoms with E-state index in [0.29, 0.717) is 5.56 Å². The number of hydrogen-bond acceptors (Lipinski definition) is 4. The van der Waals surface area contributed by atoms with E-state index in [9.17, 15) is 18.0 Å². The lowest BCUT2D eigenvalue weighted by atomic mass is 10.1. The topological polar surface area (TPSA) is 50.1 Å². The molecule has 1 aromatic rings. The fourth-order valence-electron chi connectivity index (χ4n) is 1.42. The molecule has 0 atom stereocenters. The molecule has 0 fully saturated rings. The second kappa shape index (κ2) is 6.99. The van der Waals surface area contributed by atoms with E-state index in [0.717, 1.165) is 6.07 Å². The van der Waals surface area contributed by atoms with Crippen molar-refractivity contribution in [3.8, 4) is 6.07 Å². The Balaban J connectivity index is 3.37. The summed E-state index contributed by atoms with van der Waals surface area (Å²) in [6.07, 6.45) is 0. The molecule has 0 aliphatic heterocycles. The zero-order valence-electron chi connectivity index (χ0n) is 10.3. The van der Waals surface area contributed by atoms with Crippen LogP contribution in [0.4, 0.5) is 13.2 Å². The first kappa shape index (κ1) is 16.9. The van der Waals surface area contributed by atoms with Crippen molar-refractivity contribution in [3.05, 3.63) is 28.8 Å². The number of halogens is 4. The van der Waals surface area contributed by atoms with Crippen molar-refractivity contribution >= 4 is 33.7 Å². The van der Waals surface area contributed by atoms with Gasteiger partial charge in [-0.3, -0.25) is 0 Å². The fraction of sp³-hybridized carbons (Fsp3) is 0.333. The first-order valence-electron chi connectivity index (χ1n) is 5.38. The molecule has 0 aliphatic carbocycles. The maximum atomic E-state index is 12.5. The Morgan fingerprint density at radius 1 is 1.50 bits per heavy atom. The number of alkyl halides is 4. The minimum absolute atomic E-state index is 0.0542. The minimum Gasteiger partial charge on any atom is -0.462 e. The Hall–Kier alpha value is -1.20. The largest absolute Gasteiger partial charge is 0.462 e. The van der Waals surface area contributed by atoms with Crippen molar-refractivity contribution in [2.24, 2.45) is 0 Å². The zero-order valence-corrected chi connectivity index (χ0v) is 12.7. The molecule has 3 nitrogen and oxygen atoms in total. The molecule has 0 unspecified atom stereocenters. The van der Waals surface area contributed by atoms with E-state index < -0.39 is 23.2 Å². The first-order valence-corrected chi connectivity index (χ1v) is 7.32. The van der Waals surface area contributed by atoms with E-state index in [-0.39, 0.29) is 28.0 Å². The summed E-state index contributed by atoms with van der Waals surface area (Å²) < 4.78 is 42.3. The summed E-state index contributed by atoms with van der Waals surface area (Å²) in [6.45, 7) is 1.61. The van der Waals surface area contributed by atoms with Crippen LogP contribution in [0.15, 0.2) is 17.0 Å². The Morgan fingerprint density at radius 3 is 2.60 bits per heavy atom. The second-order valence-corrected chi connectivity index (χ2v) is 5.19. The number of carbonyl (C=O) groups is 1. The monoisotopic (exact) mass is 367 g/mol. The standard InChI is InChI=1S/C12H9BrF3NO2S/c1-2-19-11(18)9-3-7(5-13)8(6-17)4-10(9)20-12(14,15)16/h3-4H,2,5H2,1H3. The van der Waals surface area contributed by atoms with Crippen LogP contribution in [0.5, 0.6) is 0 Å². The van der Waals surface area contributed by atoms with E-state index in [2.05, 4.69) is 15.9 Å². The van der Waals surface area contributed by atoms with Crippen molar-refractivity contribution in [3.63, 3.8) is 0 Å². The number of carbonyl (C=O) groups excluding carboxylic acids is 1.